The monoisotopic (exact) mass is 705 g/mol. The smallest absolute Gasteiger partial charge is 0.237 e. The molecule has 4 N–H and O–H groups in total. The molecular formula is C36H41Cl2N7O4. The van der Waals surface area contributed by atoms with Crippen LogP contribution in [0.4, 0.5) is 0 Å². The van der Waals surface area contributed by atoms with Crippen molar-refractivity contribution in [1.29, 1.82) is 0 Å². The average molecular weight is 707 g/mol. The fourth-order valence-electron chi connectivity index (χ4n) is 6.30. The molecule has 2 aromatic carbocycles. The summed E-state index contributed by atoms with van der Waals surface area (Å²) in [5.41, 5.74) is 4.62. The average Bonchev–Trinajstić information content (AvgIpc) is 3.48. The lowest BCUT2D eigenvalue weighted by atomic mass is 9.71. The highest BCUT2D eigenvalue weighted by Gasteiger charge is 2.38. The topological polar surface area (TPSA) is 143 Å². The molecule has 2 aromatic heterocycles. The molecule has 1 saturated heterocycles. The third-order valence-corrected chi connectivity index (χ3v) is 10.1. The number of carbonyl (C=O) groups excluding carboxylic acids is 1. The van der Waals surface area contributed by atoms with Gasteiger partial charge in [0.05, 0.1) is 53.6 Å². The number of amides is 1. The van der Waals surface area contributed by atoms with Crippen molar-refractivity contribution in [2.75, 3.05) is 20.8 Å². The zero-order chi connectivity index (χ0) is 34.7. The molecule has 1 saturated carbocycles. The maximum Gasteiger partial charge on any atom is 0.237 e. The Labute approximate surface area is 296 Å². The molecule has 6 rings (SSSR count). The Morgan fingerprint density at radius 2 is 1.41 bits per heavy atom. The van der Waals surface area contributed by atoms with E-state index in [1.807, 2.05) is 50.2 Å². The fourth-order valence-corrected chi connectivity index (χ4v) is 6.95. The van der Waals surface area contributed by atoms with Crippen LogP contribution in [0.1, 0.15) is 50.9 Å². The molecule has 258 valence electrons. The predicted octanol–water partition coefficient (Wildman–Crippen LogP) is 5.60. The molecule has 11 nitrogen and oxygen atoms in total. The van der Waals surface area contributed by atoms with E-state index in [0.29, 0.717) is 87.8 Å². The number of halogens is 2. The molecule has 13 heteroatoms. The number of rotatable bonds is 13. The number of methoxy groups -OCH3 is 2. The lowest BCUT2D eigenvalue weighted by Crippen LogP contribution is -2.49. The molecule has 0 radical (unpaired) electrons. The molecular weight excluding hydrogens is 665 g/mol. The van der Waals surface area contributed by atoms with E-state index in [9.17, 15) is 9.90 Å². The van der Waals surface area contributed by atoms with E-state index in [1.54, 1.807) is 26.6 Å². The number of carbonyl (C=O) groups is 1. The number of benzene rings is 2. The van der Waals surface area contributed by atoms with Gasteiger partial charge in [-0.05, 0) is 39.0 Å². The Kier molecular flexibility index (Phi) is 10.7. The zero-order valence-corrected chi connectivity index (χ0v) is 29.5. The molecule has 0 bridgehead atoms. The summed E-state index contributed by atoms with van der Waals surface area (Å²) in [5, 5.41) is 21.0. The normalized spacial score (nSPS) is 19.0. The lowest BCUT2D eigenvalue weighted by Gasteiger charge is -2.42. The van der Waals surface area contributed by atoms with E-state index < -0.39 is 5.60 Å². The Hall–Kier alpha value is -3.87. The summed E-state index contributed by atoms with van der Waals surface area (Å²) in [6, 6.07) is 11.8. The van der Waals surface area contributed by atoms with Crippen LogP contribution in [0.3, 0.4) is 0 Å². The molecule has 1 amide bonds. The van der Waals surface area contributed by atoms with E-state index in [2.05, 4.69) is 25.9 Å². The van der Waals surface area contributed by atoms with E-state index in [0.717, 1.165) is 30.4 Å². The first-order valence-electron chi connectivity index (χ1n) is 16.4. The van der Waals surface area contributed by atoms with Gasteiger partial charge in [-0.1, -0.05) is 59.6 Å². The Morgan fingerprint density at radius 3 is 1.90 bits per heavy atom. The Balaban J connectivity index is 1.19. The zero-order valence-electron chi connectivity index (χ0n) is 28.0. The van der Waals surface area contributed by atoms with Crippen LogP contribution in [0, 0.1) is 5.92 Å². The largest absolute Gasteiger partial charge is 0.480 e. The van der Waals surface area contributed by atoms with Gasteiger partial charge in [-0.15, -0.1) is 0 Å². The van der Waals surface area contributed by atoms with Crippen LogP contribution in [0.2, 0.25) is 10.0 Å². The van der Waals surface area contributed by atoms with Gasteiger partial charge in [-0.2, -0.15) is 0 Å². The molecule has 0 unspecified atom stereocenters. The summed E-state index contributed by atoms with van der Waals surface area (Å²) >= 11 is 14.1. The van der Waals surface area contributed by atoms with E-state index in [-0.39, 0.29) is 17.9 Å². The summed E-state index contributed by atoms with van der Waals surface area (Å²) in [7, 11) is 3.13. The van der Waals surface area contributed by atoms with Crippen LogP contribution >= 0.6 is 23.2 Å². The highest BCUT2D eigenvalue weighted by Crippen LogP contribution is 2.42. The molecule has 1 aliphatic heterocycles. The van der Waals surface area contributed by atoms with Crippen molar-refractivity contribution < 1.29 is 19.4 Å². The van der Waals surface area contributed by atoms with Crippen molar-refractivity contribution in [1.82, 2.24) is 35.9 Å². The van der Waals surface area contributed by atoms with E-state index in [1.165, 1.54) is 0 Å². The van der Waals surface area contributed by atoms with Gasteiger partial charge in [0.15, 0.2) is 0 Å². The van der Waals surface area contributed by atoms with Crippen LogP contribution in [0.15, 0.2) is 48.8 Å². The molecule has 2 aliphatic rings. The minimum absolute atomic E-state index is 0.0826. The van der Waals surface area contributed by atoms with Gasteiger partial charge in [0.1, 0.15) is 11.4 Å². The molecule has 1 atom stereocenters. The maximum absolute atomic E-state index is 11.5. The number of aliphatic hydroxyl groups is 1. The van der Waals surface area contributed by atoms with Gasteiger partial charge in [0.2, 0.25) is 17.7 Å². The molecule has 3 heterocycles. The van der Waals surface area contributed by atoms with Crippen LogP contribution < -0.4 is 25.4 Å². The Bertz CT molecular complexity index is 1830. The quantitative estimate of drug-likeness (QED) is 0.139. The second-order valence-corrected chi connectivity index (χ2v) is 13.8. The number of hydrogen-bond donors (Lipinski definition) is 4. The van der Waals surface area contributed by atoms with Crippen molar-refractivity contribution in [2.45, 2.75) is 70.3 Å². The fraction of sp³-hybridized carbons (Fsp3) is 0.417. The molecule has 49 heavy (non-hydrogen) atoms. The van der Waals surface area contributed by atoms with Gasteiger partial charge in [0.25, 0.3) is 0 Å². The SMILES string of the molecule is COc1nc(-c2cccc(-c3cccc(-c4cnc(CNC5CC(C(C)(C)O)C5)c(OC)n4)c3Cl)c2Cl)cnc1CNC[C@@H]1CCC(=O)N1. The van der Waals surface area contributed by atoms with Gasteiger partial charge in [-0.25, -0.2) is 9.97 Å². The van der Waals surface area contributed by atoms with Crippen molar-refractivity contribution in [3.05, 3.63) is 70.2 Å². The van der Waals surface area contributed by atoms with E-state index in [4.69, 9.17) is 42.6 Å². The van der Waals surface area contributed by atoms with Gasteiger partial charge in [-0.3, -0.25) is 14.8 Å². The van der Waals surface area contributed by atoms with Crippen LogP contribution in [-0.4, -0.2) is 69.4 Å². The third-order valence-electron chi connectivity index (χ3n) is 9.31. The van der Waals surface area contributed by atoms with Crippen molar-refractivity contribution >= 4 is 29.1 Å². The first-order chi connectivity index (χ1) is 23.5. The van der Waals surface area contributed by atoms with Crippen LogP contribution in [0.25, 0.3) is 33.6 Å². The molecule has 4 aromatic rings. The number of aromatic nitrogens is 4. The second kappa shape index (κ2) is 14.9. The van der Waals surface area contributed by atoms with Crippen LogP contribution in [0.5, 0.6) is 11.8 Å². The summed E-state index contributed by atoms with van der Waals surface area (Å²) in [6.07, 6.45) is 6.57. The second-order valence-electron chi connectivity index (χ2n) is 13.1. The third kappa shape index (κ3) is 7.81. The minimum Gasteiger partial charge on any atom is -0.480 e. The number of nitrogens with one attached hydrogen (secondary N) is 3. The van der Waals surface area contributed by atoms with Gasteiger partial charge in [0, 0.05) is 60.4 Å². The van der Waals surface area contributed by atoms with Crippen molar-refractivity contribution in [3.8, 4) is 45.4 Å². The van der Waals surface area contributed by atoms with Crippen molar-refractivity contribution in [3.63, 3.8) is 0 Å². The van der Waals surface area contributed by atoms with Crippen LogP contribution in [-0.2, 0) is 17.9 Å². The maximum atomic E-state index is 11.5. The van der Waals surface area contributed by atoms with E-state index >= 15 is 0 Å². The standard InChI is InChI=1S/C36H41Cl2N7O4/c1-36(2,47)20-13-22(14-20)40-19-30-35(49-4)45-28(18-42-30)26-10-6-8-24(33(26)38)23-7-5-9-25(32(23)37)27-17-41-29(34(44-27)48-3)16-39-15-21-11-12-31(46)43-21/h5-10,17-18,20-22,39-40,47H,11-16,19H2,1-4H3,(H,43,46)/t20?,21-,22?/m0/s1. The number of nitrogens with zero attached hydrogens (tertiary/aromatic N) is 4. The highest BCUT2D eigenvalue weighted by molar-refractivity contribution is 6.39. The minimum atomic E-state index is -0.667. The summed E-state index contributed by atoms with van der Waals surface area (Å²) in [5.74, 6) is 1.17. The van der Waals surface area contributed by atoms with Gasteiger partial charge >= 0.3 is 0 Å². The lowest BCUT2D eigenvalue weighted by molar-refractivity contribution is -0.119. The summed E-state index contributed by atoms with van der Waals surface area (Å²) in [6.45, 7) is 5.30. The predicted molar refractivity (Wildman–Crippen MR) is 190 cm³/mol. The molecule has 1 aliphatic carbocycles. The van der Waals surface area contributed by atoms with Gasteiger partial charge < -0.3 is 30.5 Å². The first kappa shape index (κ1) is 35.0. The van der Waals surface area contributed by atoms with Crippen molar-refractivity contribution in [2.24, 2.45) is 5.92 Å². The number of hydrogen-bond acceptors (Lipinski definition) is 10. The molecule has 2 fully saturated rings. The number of ether oxygens (including phenoxy) is 2. The highest BCUT2D eigenvalue weighted by atomic mass is 35.5. The Morgan fingerprint density at radius 1 is 0.878 bits per heavy atom. The first-order valence-corrected chi connectivity index (χ1v) is 17.1. The summed E-state index contributed by atoms with van der Waals surface area (Å²) < 4.78 is 11.2. The summed E-state index contributed by atoms with van der Waals surface area (Å²) in [4.78, 5) is 30.3. The molecule has 0 spiro atoms.